The third-order valence-corrected chi connectivity index (χ3v) is 7.82. The van der Waals surface area contributed by atoms with Crippen LogP contribution in [-0.2, 0) is 31.6 Å². The largest absolute Gasteiger partial charge is 0.421 e. The summed E-state index contributed by atoms with van der Waals surface area (Å²) in [6.45, 7) is 2.07. The SMILES string of the molecule is CCS(=O)(=O)c1ccc2c(c1)CN(C(=O)CCC#N)C2C(=O)Nc1ccc(C(C)(O)C(F)(F)F)cc1. The molecule has 0 saturated carbocycles. The number of hydrogen-bond acceptors (Lipinski definition) is 6. The Morgan fingerprint density at radius 3 is 2.39 bits per heavy atom. The summed E-state index contributed by atoms with van der Waals surface area (Å²) in [6.07, 6.45) is -5.12. The number of nitrogens with zero attached hydrogens (tertiary/aromatic N) is 2. The summed E-state index contributed by atoms with van der Waals surface area (Å²) in [4.78, 5) is 27.3. The van der Waals surface area contributed by atoms with E-state index in [-0.39, 0.29) is 35.7 Å². The van der Waals surface area contributed by atoms with Gasteiger partial charge in [-0.2, -0.15) is 18.4 Å². The van der Waals surface area contributed by atoms with E-state index in [1.54, 1.807) is 0 Å². The number of nitriles is 1. The fourth-order valence-corrected chi connectivity index (χ4v) is 4.79. The Labute approximate surface area is 206 Å². The highest BCUT2D eigenvalue weighted by molar-refractivity contribution is 7.91. The minimum absolute atomic E-state index is 0.0435. The quantitative estimate of drug-likeness (QED) is 0.571. The van der Waals surface area contributed by atoms with Crippen molar-refractivity contribution in [2.45, 2.75) is 55.9 Å². The Morgan fingerprint density at radius 1 is 1.19 bits per heavy atom. The van der Waals surface area contributed by atoms with Crippen molar-refractivity contribution in [1.29, 1.82) is 5.26 Å². The number of carbonyl (C=O) groups is 2. The van der Waals surface area contributed by atoms with E-state index in [2.05, 4.69) is 5.32 Å². The number of hydrogen-bond donors (Lipinski definition) is 2. The molecule has 0 aliphatic carbocycles. The Morgan fingerprint density at radius 2 is 1.83 bits per heavy atom. The number of anilines is 1. The Balaban J connectivity index is 1.92. The molecule has 192 valence electrons. The molecule has 0 fully saturated rings. The maximum Gasteiger partial charge on any atom is 0.421 e. The molecule has 1 aliphatic heterocycles. The number of nitrogens with one attached hydrogen (secondary N) is 1. The van der Waals surface area contributed by atoms with Crippen molar-refractivity contribution in [1.82, 2.24) is 4.90 Å². The number of halogens is 3. The van der Waals surface area contributed by atoms with Gasteiger partial charge in [0, 0.05) is 25.1 Å². The molecule has 2 N–H and O–H groups in total. The van der Waals surface area contributed by atoms with Crippen LogP contribution in [0.4, 0.5) is 18.9 Å². The normalized spacial score (nSPS) is 17.1. The number of carbonyl (C=O) groups excluding carboxylic acids is 2. The second-order valence-corrected chi connectivity index (χ2v) is 10.8. The minimum atomic E-state index is -4.90. The van der Waals surface area contributed by atoms with Crippen LogP contribution in [0.25, 0.3) is 0 Å². The molecule has 0 spiro atoms. The van der Waals surface area contributed by atoms with Crippen LogP contribution in [0.1, 0.15) is 49.4 Å². The molecule has 1 heterocycles. The zero-order valence-corrected chi connectivity index (χ0v) is 20.3. The second kappa shape index (κ2) is 9.91. The summed E-state index contributed by atoms with van der Waals surface area (Å²) in [5.74, 6) is -1.28. The van der Waals surface area contributed by atoms with Gasteiger partial charge in [-0.05, 0) is 47.9 Å². The molecule has 0 radical (unpaired) electrons. The van der Waals surface area contributed by atoms with E-state index in [0.29, 0.717) is 18.1 Å². The van der Waals surface area contributed by atoms with Gasteiger partial charge in [0.05, 0.1) is 16.7 Å². The average Bonchev–Trinajstić information content (AvgIpc) is 3.21. The van der Waals surface area contributed by atoms with Gasteiger partial charge >= 0.3 is 6.18 Å². The fraction of sp³-hybridized carbons (Fsp3) is 0.375. The predicted molar refractivity (Wildman–Crippen MR) is 123 cm³/mol. The first-order valence-corrected chi connectivity index (χ1v) is 12.6. The Bertz CT molecular complexity index is 1320. The minimum Gasteiger partial charge on any atom is -0.376 e. The van der Waals surface area contributed by atoms with Crippen molar-refractivity contribution in [2.75, 3.05) is 11.1 Å². The smallest absolute Gasteiger partial charge is 0.376 e. The van der Waals surface area contributed by atoms with Gasteiger partial charge in [0.25, 0.3) is 5.91 Å². The molecular formula is C24H24F3N3O5S. The zero-order valence-electron chi connectivity index (χ0n) is 19.5. The van der Waals surface area contributed by atoms with Gasteiger partial charge in [-0.3, -0.25) is 9.59 Å². The van der Waals surface area contributed by atoms with Crippen LogP contribution in [0, 0.1) is 11.3 Å². The molecule has 2 unspecified atom stereocenters. The lowest BCUT2D eigenvalue weighted by Gasteiger charge is -2.27. The maximum absolute atomic E-state index is 13.2. The molecular weight excluding hydrogens is 499 g/mol. The van der Waals surface area contributed by atoms with Crippen LogP contribution in [-0.4, -0.2) is 42.2 Å². The van der Waals surface area contributed by atoms with Crippen LogP contribution >= 0.6 is 0 Å². The Kier molecular flexibility index (Phi) is 7.48. The highest BCUT2D eigenvalue weighted by Crippen LogP contribution is 2.39. The van der Waals surface area contributed by atoms with Gasteiger partial charge in [0.15, 0.2) is 15.4 Å². The van der Waals surface area contributed by atoms with Gasteiger partial charge < -0.3 is 15.3 Å². The van der Waals surface area contributed by atoms with Gasteiger partial charge in [-0.25, -0.2) is 8.42 Å². The first-order valence-electron chi connectivity index (χ1n) is 11.0. The fourth-order valence-electron chi connectivity index (χ4n) is 3.86. The van der Waals surface area contributed by atoms with Crippen molar-refractivity contribution >= 4 is 27.3 Å². The topological polar surface area (TPSA) is 128 Å². The highest BCUT2D eigenvalue weighted by atomic mass is 32.2. The first kappa shape index (κ1) is 27.2. The van der Waals surface area contributed by atoms with Gasteiger partial charge in [-0.15, -0.1) is 0 Å². The molecule has 0 saturated heterocycles. The molecule has 0 aromatic heterocycles. The number of rotatable bonds is 7. The van der Waals surface area contributed by atoms with Crippen molar-refractivity contribution in [3.63, 3.8) is 0 Å². The van der Waals surface area contributed by atoms with E-state index in [1.807, 2.05) is 6.07 Å². The van der Waals surface area contributed by atoms with Crippen LogP contribution in [0.15, 0.2) is 47.4 Å². The van der Waals surface area contributed by atoms with Crippen LogP contribution in [0.5, 0.6) is 0 Å². The number of benzene rings is 2. The van der Waals surface area contributed by atoms with Crippen molar-refractivity contribution < 1.29 is 36.3 Å². The third-order valence-electron chi connectivity index (χ3n) is 6.09. The molecule has 3 rings (SSSR count). The van der Waals surface area contributed by atoms with Gasteiger partial charge in [-0.1, -0.05) is 25.1 Å². The molecule has 2 amide bonds. The molecule has 2 aromatic rings. The van der Waals surface area contributed by atoms with E-state index < -0.39 is 45.0 Å². The van der Waals surface area contributed by atoms with Crippen molar-refractivity contribution in [3.05, 3.63) is 59.2 Å². The lowest BCUT2D eigenvalue weighted by Crippen LogP contribution is -2.39. The summed E-state index contributed by atoms with van der Waals surface area (Å²) < 4.78 is 63.9. The summed E-state index contributed by atoms with van der Waals surface area (Å²) in [7, 11) is -3.53. The molecule has 12 heteroatoms. The number of alkyl halides is 3. The molecule has 36 heavy (non-hydrogen) atoms. The van der Waals surface area contributed by atoms with E-state index >= 15 is 0 Å². The molecule has 2 atom stereocenters. The standard InChI is InChI=1S/C24H24F3N3O5S/c1-3-36(34,35)18-10-11-19-15(13-18)14-30(20(31)5-4-12-28)21(19)22(32)29-17-8-6-16(7-9-17)23(2,33)24(25,26)27/h6-11,13,21,33H,3-5,14H2,1-2H3,(H,29,32). The second-order valence-electron chi connectivity index (χ2n) is 8.48. The van der Waals surface area contributed by atoms with E-state index in [1.165, 1.54) is 42.2 Å². The monoisotopic (exact) mass is 523 g/mol. The average molecular weight is 524 g/mol. The first-order chi connectivity index (χ1) is 16.7. The van der Waals surface area contributed by atoms with Crippen LogP contribution in [0.3, 0.4) is 0 Å². The van der Waals surface area contributed by atoms with Crippen molar-refractivity contribution in [3.8, 4) is 6.07 Å². The number of aliphatic hydroxyl groups is 1. The van der Waals surface area contributed by atoms with E-state index in [4.69, 9.17) is 5.26 Å². The molecule has 2 aromatic carbocycles. The van der Waals surface area contributed by atoms with Crippen LogP contribution in [0.2, 0.25) is 0 Å². The molecule has 1 aliphatic rings. The zero-order chi connectivity index (χ0) is 26.9. The predicted octanol–water partition coefficient (Wildman–Crippen LogP) is 3.58. The van der Waals surface area contributed by atoms with Crippen LogP contribution < -0.4 is 5.32 Å². The van der Waals surface area contributed by atoms with E-state index in [9.17, 15) is 36.3 Å². The summed E-state index contributed by atoms with van der Waals surface area (Å²) in [5, 5.41) is 21.2. The lowest BCUT2D eigenvalue weighted by molar-refractivity contribution is -0.258. The molecule has 8 nitrogen and oxygen atoms in total. The molecule has 0 bridgehead atoms. The number of amides is 2. The van der Waals surface area contributed by atoms with Gasteiger partial charge in [0.1, 0.15) is 6.04 Å². The highest BCUT2D eigenvalue weighted by Gasteiger charge is 2.51. The van der Waals surface area contributed by atoms with Crippen molar-refractivity contribution in [2.24, 2.45) is 0 Å². The summed E-state index contributed by atoms with van der Waals surface area (Å²) >= 11 is 0. The third kappa shape index (κ3) is 5.22. The number of fused-ring (bicyclic) bond motifs is 1. The van der Waals surface area contributed by atoms with Gasteiger partial charge in [0.2, 0.25) is 5.91 Å². The summed E-state index contributed by atoms with van der Waals surface area (Å²) in [5.41, 5.74) is -2.50. The van der Waals surface area contributed by atoms with E-state index in [0.717, 1.165) is 12.1 Å². The number of sulfone groups is 1. The lowest BCUT2D eigenvalue weighted by atomic mass is 9.95. The summed E-state index contributed by atoms with van der Waals surface area (Å²) in [6, 6.07) is 9.42. The maximum atomic E-state index is 13.2. The Hall–Kier alpha value is -3.43.